The number of nitrogens with one attached hydrogen (secondary N) is 1. The Morgan fingerprint density at radius 2 is 2.29 bits per heavy atom. The van der Waals surface area contributed by atoms with Crippen molar-refractivity contribution in [1.29, 1.82) is 0 Å². The molecule has 1 atom stereocenters. The van der Waals surface area contributed by atoms with Crippen LogP contribution in [0.2, 0.25) is 0 Å². The van der Waals surface area contributed by atoms with Crippen LogP contribution in [-0.4, -0.2) is 33.1 Å². The predicted molar refractivity (Wildman–Crippen MR) is 86.4 cm³/mol. The Bertz CT molecular complexity index is 853. The minimum atomic E-state index is -3.96. The fourth-order valence-electron chi connectivity index (χ4n) is 2.85. The molecule has 2 aromatic rings. The Labute approximate surface area is 143 Å². The first-order valence-corrected chi connectivity index (χ1v) is 9.68. The van der Waals surface area contributed by atoms with E-state index in [4.69, 9.17) is 4.42 Å². The fourth-order valence-corrected chi connectivity index (χ4v) is 5.27. The zero-order valence-corrected chi connectivity index (χ0v) is 14.6. The van der Waals surface area contributed by atoms with Crippen LogP contribution in [0.15, 0.2) is 33.1 Å². The number of fused-ring (bicyclic) bond motifs is 1. The molecule has 0 fully saturated rings. The topological polar surface area (TPSA) is 106 Å². The Hall–Kier alpha value is -1.68. The van der Waals surface area contributed by atoms with Gasteiger partial charge in [-0.25, -0.2) is 17.9 Å². The highest BCUT2D eigenvalue weighted by Gasteiger charge is 2.38. The molecule has 0 spiro atoms. The molecular formula is C15H17NO6S2. The molecule has 0 aromatic carbocycles. The highest BCUT2D eigenvalue weighted by atomic mass is 32.2. The van der Waals surface area contributed by atoms with E-state index in [0.717, 1.165) is 11.3 Å². The third-order valence-electron chi connectivity index (χ3n) is 4.09. The van der Waals surface area contributed by atoms with Gasteiger partial charge in [0.1, 0.15) is 21.1 Å². The van der Waals surface area contributed by atoms with E-state index in [1.807, 2.05) is 0 Å². The number of hydrogen-bond donors (Lipinski definition) is 2. The molecule has 0 radical (unpaired) electrons. The summed E-state index contributed by atoms with van der Waals surface area (Å²) < 4.78 is 37.4. The lowest BCUT2D eigenvalue weighted by atomic mass is 9.83. The van der Waals surface area contributed by atoms with Gasteiger partial charge in [-0.1, -0.05) is 0 Å². The Morgan fingerprint density at radius 1 is 1.50 bits per heavy atom. The average molecular weight is 371 g/mol. The number of sulfonamides is 1. The molecule has 0 saturated carbocycles. The van der Waals surface area contributed by atoms with Crippen LogP contribution in [0.4, 0.5) is 0 Å². The highest BCUT2D eigenvalue weighted by Crippen LogP contribution is 2.36. The van der Waals surface area contributed by atoms with Crippen molar-refractivity contribution in [3.05, 3.63) is 40.0 Å². The maximum Gasteiger partial charge on any atom is 0.349 e. The van der Waals surface area contributed by atoms with Gasteiger partial charge >= 0.3 is 5.97 Å². The van der Waals surface area contributed by atoms with Crippen molar-refractivity contribution in [3.63, 3.8) is 0 Å². The zero-order valence-electron chi connectivity index (χ0n) is 12.9. The number of thiophene rings is 1. The Morgan fingerprint density at radius 3 is 3.04 bits per heavy atom. The fraction of sp³-hybridized carbons (Fsp3) is 0.400. The van der Waals surface area contributed by atoms with Gasteiger partial charge in [-0.3, -0.25) is 0 Å². The van der Waals surface area contributed by atoms with E-state index in [-0.39, 0.29) is 16.3 Å². The molecule has 0 bridgehead atoms. The van der Waals surface area contributed by atoms with E-state index in [1.54, 1.807) is 6.07 Å². The second kappa shape index (κ2) is 6.32. The summed E-state index contributed by atoms with van der Waals surface area (Å²) >= 11 is 0.988. The van der Waals surface area contributed by atoms with Crippen LogP contribution in [0, 0.1) is 0 Å². The van der Waals surface area contributed by atoms with Gasteiger partial charge in [-0.15, -0.1) is 11.3 Å². The number of aryl methyl sites for hydroxylation is 1. The first kappa shape index (κ1) is 17.2. The SMILES string of the molecule is COC(=O)c1sccc1S(=O)(=O)NCC1(O)CCCc2occc21. The van der Waals surface area contributed by atoms with Gasteiger partial charge in [-0.2, -0.15) is 0 Å². The third-order valence-corrected chi connectivity index (χ3v) is 6.55. The van der Waals surface area contributed by atoms with Gasteiger partial charge in [0.05, 0.1) is 13.4 Å². The zero-order chi connectivity index (χ0) is 17.4. The van der Waals surface area contributed by atoms with Crippen molar-refractivity contribution >= 4 is 27.3 Å². The Balaban J connectivity index is 1.82. The van der Waals surface area contributed by atoms with Crippen molar-refractivity contribution in [2.45, 2.75) is 29.8 Å². The lowest BCUT2D eigenvalue weighted by Crippen LogP contribution is -2.42. The quantitative estimate of drug-likeness (QED) is 0.774. The lowest BCUT2D eigenvalue weighted by molar-refractivity contribution is 0.0221. The molecule has 9 heteroatoms. The van der Waals surface area contributed by atoms with Crippen LogP contribution < -0.4 is 4.72 Å². The van der Waals surface area contributed by atoms with Crippen molar-refractivity contribution in [3.8, 4) is 0 Å². The number of carbonyl (C=O) groups is 1. The number of rotatable bonds is 5. The number of carbonyl (C=O) groups excluding carboxylic acids is 1. The molecule has 24 heavy (non-hydrogen) atoms. The molecule has 2 N–H and O–H groups in total. The van der Waals surface area contributed by atoms with Gasteiger partial charge in [0.25, 0.3) is 0 Å². The summed E-state index contributed by atoms with van der Waals surface area (Å²) in [6, 6.07) is 3.00. The molecular weight excluding hydrogens is 354 g/mol. The number of ether oxygens (including phenoxy) is 1. The molecule has 0 saturated heterocycles. The molecule has 2 heterocycles. The van der Waals surface area contributed by atoms with Crippen LogP contribution in [0.25, 0.3) is 0 Å². The van der Waals surface area contributed by atoms with Crippen LogP contribution >= 0.6 is 11.3 Å². The summed E-state index contributed by atoms with van der Waals surface area (Å²) in [7, 11) is -2.77. The van der Waals surface area contributed by atoms with E-state index in [2.05, 4.69) is 9.46 Å². The van der Waals surface area contributed by atoms with Gasteiger partial charge < -0.3 is 14.3 Å². The average Bonchev–Trinajstić information content (AvgIpc) is 3.22. The smallest absolute Gasteiger partial charge is 0.349 e. The summed E-state index contributed by atoms with van der Waals surface area (Å²) in [6.07, 6.45) is 3.33. The molecule has 0 aliphatic heterocycles. The van der Waals surface area contributed by atoms with Crippen molar-refractivity contribution in [2.24, 2.45) is 0 Å². The summed E-state index contributed by atoms with van der Waals surface area (Å²) in [4.78, 5) is 11.5. The molecule has 0 amide bonds. The van der Waals surface area contributed by atoms with E-state index in [9.17, 15) is 18.3 Å². The van der Waals surface area contributed by atoms with E-state index in [1.165, 1.54) is 24.8 Å². The van der Waals surface area contributed by atoms with Crippen LogP contribution in [0.1, 0.15) is 33.8 Å². The molecule has 1 aliphatic rings. The minimum Gasteiger partial charge on any atom is -0.469 e. The number of furan rings is 1. The number of hydrogen-bond acceptors (Lipinski definition) is 7. The highest BCUT2D eigenvalue weighted by molar-refractivity contribution is 7.89. The van der Waals surface area contributed by atoms with Gasteiger partial charge in [0.15, 0.2) is 0 Å². The summed E-state index contributed by atoms with van der Waals surface area (Å²) in [5, 5.41) is 12.3. The maximum absolute atomic E-state index is 12.5. The molecule has 1 unspecified atom stereocenters. The van der Waals surface area contributed by atoms with Gasteiger partial charge in [0.2, 0.25) is 10.0 Å². The molecule has 130 valence electrons. The third kappa shape index (κ3) is 3.00. The van der Waals surface area contributed by atoms with Gasteiger partial charge in [-0.05, 0) is 30.4 Å². The molecule has 1 aliphatic carbocycles. The largest absolute Gasteiger partial charge is 0.469 e. The molecule has 2 aromatic heterocycles. The van der Waals surface area contributed by atoms with Crippen LogP contribution in [0.3, 0.4) is 0 Å². The minimum absolute atomic E-state index is 0.00429. The molecule has 7 nitrogen and oxygen atoms in total. The van der Waals surface area contributed by atoms with Crippen molar-refractivity contribution in [2.75, 3.05) is 13.7 Å². The molecule has 3 rings (SSSR count). The normalized spacial score (nSPS) is 20.6. The number of esters is 1. The summed E-state index contributed by atoms with van der Waals surface area (Å²) in [6.45, 7) is -0.196. The summed E-state index contributed by atoms with van der Waals surface area (Å²) in [5.41, 5.74) is -0.718. The second-order valence-electron chi connectivity index (χ2n) is 5.57. The predicted octanol–water partition coefficient (Wildman–Crippen LogP) is 1.63. The second-order valence-corrected chi connectivity index (χ2v) is 8.22. The Kier molecular flexibility index (Phi) is 4.52. The maximum atomic E-state index is 12.5. The van der Waals surface area contributed by atoms with E-state index >= 15 is 0 Å². The number of methoxy groups -OCH3 is 1. The van der Waals surface area contributed by atoms with Crippen molar-refractivity contribution in [1.82, 2.24) is 4.72 Å². The van der Waals surface area contributed by atoms with E-state index in [0.29, 0.717) is 30.6 Å². The first-order chi connectivity index (χ1) is 11.4. The van der Waals surface area contributed by atoms with Gasteiger partial charge in [0, 0.05) is 18.5 Å². The van der Waals surface area contributed by atoms with E-state index < -0.39 is 21.6 Å². The number of aliphatic hydroxyl groups is 1. The monoisotopic (exact) mass is 371 g/mol. The van der Waals surface area contributed by atoms with Crippen LogP contribution in [-0.2, 0) is 26.8 Å². The van der Waals surface area contributed by atoms with Crippen LogP contribution in [0.5, 0.6) is 0 Å². The van der Waals surface area contributed by atoms with Crippen molar-refractivity contribution < 1.29 is 27.5 Å². The summed E-state index contributed by atoms with van der Waals surface area (Å²) in [5.74, 6) is -0.0346. The first-order valence-electron chi connectivity index (χ1n) is 7.32. The lowest BCUT2D eigenvalue weighted by Gasteiger charge is -2.31. The standard InChI is InChI=1S/C15H17NO6S2/c1-21-14(17)13-12(5-8-23-13)24(19,20)16-9-15(18)6-2-3-11-10(15)4-7-22-11/h4-5,7-8,16,18H,2-3,6,9H2,1H3.